The monoisotopic (exact) mass is 286 g/mol. The van der Waals surface area contributed by atoms with Crippen LogP contribution in [0.1, 0.15) is 5.56 Å². The topological polar surface area (TPSA) is 62.1 Å². The summed E-state index contributed by atoms with van der Waals surface area (Å²) >= 11 is 0. The molecule has 0 fully saturated rings. The van der Waals surface area contributed by atoms with Crippen molar-refractivity contribution in [3.8, 4) is 5.75 Å². The van der Waals surface area contributed by atoms with Gasteiger partial charge in [0, 0.05) is 0 Å². The first-order valence-corrected chi connectivity index (χ1v) is 6.24. The number of halogens is 1. The Balaban J connectivity index is 2.05. The van der Waals surface area contributed by atoms with Crippen molar-refractivity contribution >= 4 is 17.5 Å². The minimum Gasteiger partial charge on any atom is -0.507 e. The molecule has 0 aliphatic carbocycles. The van der Waals surface area contributed by atoms with Crippen molar-refractivity contribution in [3.05, 3.63) is 59.9 Å². The van der Waals surface area contributed by atoms with E-state index in [9.17, 15) is 14.3 Å². The molecule has 3 rings (SSSR count). The summed E-state index contributed by atoms with van der Waals surface area (Å²) in [7, 11) is 0. The van der Waals surface area contributed by atoms with Gasteiger partial charge < -0.3 is 9.84 Å². The van der Waals surface area contributed by atoms with E-state index in [4.69, 9.17) is 4.74 Å². The van der Waals surface area contributed by atoms with Crippen LogP contribution in [0.2, 0.25) is 0 Å². The number of phenols is 1. The van der Waals surface area contributed by atoms with Crippen LogP contribution in [0.5, 0.6) is 5.75 Å². The van der Waals surface area contributed by atoms with Gasteiger partial charge in [-0.1, -0.05) is 24.3 Å². The average Bonchev–Trinajstić information content (AvgIpc) is 2.49. The molecule has 0 atom stereocenters. The molecule has 1 N–H and O–H groups in total. The minimum absolute atomic E-state index is 0.0286. The van der Waals surface area contributed by atoms with Gasteiger partial charge in [0.2, 0.25) is 5.90 Å². The number of amides is 1. The summed E-state index contributed by atoms with van der Waals surface area (Å²) in [6.45, 7) is -0.276. The zero-order valence-corrected chi connectivity index (χ0v) is 10.9. The predicted octanol–water partition coefficient (Wildman–Crippen LogP) is 2.26. The number of phenolic OH excluding ortho intramolecular Hbond substituents is 1. The van der Waals surface area contributed by atoms with Crippen molar-refractivity contribution in [1.82, 2.24) is 0 Å². The lowest BCUT2D eigenvalue weighted by atomic mass is 10.2. The van der Waals surface area contributed by atoms with E-state index in [1.54, 1.807) is 24.3 Å². The fraction of sp³-hybridized carbons (Fsp3) is 0.0667. The molecule has 6 heteroatoms. The number of aromatic hydroxyl groups is 1. The van der Waals surface area contributed by atoms with Crippen LogP contribution in [0.4, 0.5) is 10.1 Å². The number of para-hydroxylation sites is 2. The number of nitrogens with zero attached hydrogens (tertiary/aromatic N) is 2. The Hall–Kier alpha value is -2.89. The van der Waals surface area contributed by atoms with Gasteiger partial charge in [-0.3, -0.25) is 4.79 Å². The highest BCUT2D eigenvalue weighted by Crippen LogP contribution is 2.24. The molecule has 106 valence electrons. The van der Waals surface area contributed by atoms with Crippen LogP contribution in [-0.4, -0.2) is 23.5 Å². The molecule has 1 heterocycles. The highest BCUT2D eigenvalue weighted by molar-refractivity contribution is 6.05. The van der Waals surface area contributed by atoms with E-state index in [0.717, 1.165) is 5.01 Å². The lowest BCUT2D eigenvalue weighted by molar-refractivity contribution is -0.121. The summed E-state index contributed by atoms with van der Waals surface area (Å²) in [4.78, 5) is 11.9. The Morgan fingerprint density at radius 1 is 1.14 bits per heavy atom. The third-order valence-electron chi connectivity index (χ3n) is 2.97. The van der Waals surface area contributed by atoms with E-state index in [2.05, 4.69) is 5.10 Å². The van der Waals surface area contributed by atoms with Gasteiger partial charge in [0.1, 0.15) is 17.3 Å². The number of ether oxygens (including phenoxy) is 1. The van der Waals surface area contributed by atoms with Gasteiger partial charge in [-0.2, -0.15) is 5.01 Å². The maximum absolute atomic E-state index is 13.8. The summed E-state index contributed by atoms with van der Waals surface area (Å²) in [6.07, 6.45) is 0. The van der Waals surface area contributed by atoms with E-state index in [1.165, 1.54) is 24.3 Å². The van der Waals surface area contributed by atoms with E-state index >= 15 is 0 Å². The molecule has 0 aromatic heterocycles. The number of hydrazone groups is 1. The van der Waals surface area contributed by atoms with Gasteiger partial charge in [0.25, 0.3) is 5.91 Å². The quantitative estimate of drug-likeness (QED) is 0.921. The number of hydrogen-bond acceptors (Lipinski definition) is 4. The van der Waals surface area contributed by atoms with Crippen LogP contribution in [-0.2, 0) is 9.53 Å². The molecular weight excluding hydrogens is 275 g/mol. The molecule has 2 aromatic carbocycles. The molecule has 21 heavy (non-hydrogen) atoms. The smallest absolute Gasteiger partial charge is 0.285 e. The molecule has 1 aliphatic heterocycles. The Labute approximate surface area is 119 Å². The number of rotatable bonds is 2. The molecule has 0 radical (unpaired) electrons. The Morgan fingerprint density at radius 2 is 1.86 bits per heavy atom. The van der Waals surface area contributed by atoms with Gasteiger partial charge in [0.15, 0.2) is 6.61 Å². The van der Waals surface area contributed by atoms with Crippen LogP contribution in [0.15, 0.2) is 53.6 Å². The highest BCUT2D eigenvalue weighted by Gasteiger charge is 2.26. The molecule has 0 saturated carbocycles. The lowest BCUT2D eigenvalue weighted by Gasteiger charge is -2.24. The zero-order chi connectivity index (χ0) is 14.8. The number of hydrogen-bond donors (Lipinski definition) is 1. The van der Waals surface area contributed by atoms with Crippen molar-refractivity contribution in [2.75, 3.05) is 11.6 Å². The number of anilines is 1. The lowest BCUT2D eigenvalue weighted by Crippen LogP contribution is -2.37. The summed E-state index contributed by atoms with van der Waals surface area (Å²) in [5.74, 6) is -1.01. The van der Waals surface area contributed by atoms with Crippen molar-refractivity contribution < 1.29 is 19.0 Å². The molecule has 0 bridgehead atoms. The van der Waals surface area contributed by atoms with Gasteiger partial charge in [0.05, 0.1) is 5.56 Å². The largest absolute Gasteiger partial charge is 0.507 e. The predicted molar refractivity (Wildman–Crippen MR) is 74.5 cm³/mol. The normalized spacial score (nSPS) is 14.6. The van der Waals surface area contributed by atoms with Gasteiger partial charge in [-0.15, -0.1) is 5.10 Å². The van der Waals surface area contributed by atoms with E-state index < -0.39 is 11.7 Å². The highest BCUT2D eigenvalue weighted by atomic mass is 19.1. The van der Waals surface area contributed by atoms with Crippen molar-refractivity contribution in [2.45, 2.75) is 0 Å². The van der Waals surface area contributed by atoms with E-state index in [0.29, 0.717) is 5.56 Å². The Morgan fingerprint density at radius 3 is 2.62 bits per heavy atom. The maximum atomic E-state index is 13.8. The second-order valence-corrected chi connectivity index (χ2v) is 4.37. The van der Waals surface area contributed by atoms with Gasteiger partial charge in [-0.25, -0.2) is 4.39 Å². The third kappa shape index (κ3) is 2.43. The Kier molecular flexibility index (Phi) is 3.27. The van der Waals surface area contributed by atoms with Gasteiger partial charge in [-0.05, 0) is 24.3 Å². The molecule has 0 unspecified atom stereocenters. The first kappa shape index (κ1) is 13.1. The zero-order valence-electron chi connectivity index (χ0n) is 10.9. The molecule has 0 spiro atoms. The fourth-order valence-corrected chi connectivity index (χ4v) is 1.96. The second-order valence-electron chi connectivity index (χ2n) is 4.37. The minimum atomic E-state index is -0.562. The fourth-order valence-electron chi connectivity index (χ4n) is 1.96. The first-order valence-electron chi connectivity index (χ1n) is 6.24. The van der Waals surface area contributed by atoms with Crippen LogP contribution < -0.4 is 5.01 Å². The van der Waals surface area contributed by atoms with Gasteiger partial charge >= 0.3 is 0 Å². The number of carbonyl (C=O) groups is 1. The van der Waals surface area contributed by atoms with Crippen LogP contribution in [0, 0.1) is 5.82 Å². The summed E-state index contributed by atoms with van der Waals surface area (Å²) in [6, 6.07) is 12.3. The SMILES string of the molecule is O=C1COC(c2ccccc2O)=NN1c1ccccc1F. The summed E-state index contributed by atoms with van der Waals surface area (Å²) in [5, 5.41) is 14.7. The van der Waals surface area contributed by atoms with E-state index in [-0.39, 0.29) is 23.9 Å². The Bertz CT molecular complexity index is 730. The number of benzene rings is 2. The third-order valence-corrected chi connectivity index (χ3v) is 2.97. The second kappa shape index (κ2) is 5.24. The first-order chi connectivity index (χ1) is 10.2. The standard InChI is InChI=1S/C15H11FN2O3/c16-11-6-2-3-7-12(11)18-14(20)9-21-15(17-18)10-5-1-4-8-13(10)19/h1-8,19H,9H2. The molecule has 0 saturated heterocycles. The van der Waals surface area contributed by atoms with Crippen molar-refractivity contribution in [3.63, 3.8) is 0 Å². The van der Waals surface area contributed by atoms with Crippen LogP contribution in [0.25, 0.3) is 0 Å². The van der Waals surface area contributed by atoms with Crippen molar-refractivity contribution in [1.29, 1.82) is 0 Å². The van der Waals surface area contributed by atoms with Crippen LogP contribution in [0.3, 0.4) is 0 Å². The van der Waals surface area contributed by atoms with Crippen LogP contribution >= 0.6 is 0 Å². The van der Waals surface area contributed by atoms with E-state index in [1.807, 2.05) is 0 Å². The molecular formula is C15H11FN2O3. The average molecular weight is 286 g/mol. The summed E-state index contributed by atoms with van der Waals surface area (Å²) in [5.41, 5.74) is 0.380. The summed E-state index contributed by atoms with van der Waals surface area (Å²) < 4.78 is 19.0. The molecule has 1 aliphatic rings. The van der Waals surface area contributed by atoms with Crippen molar-refractivity contribution in [2.24, 2.45) is 5.10 Å². The molecule has 1 amide bonds. The molecule has 5 nitrogen and oxygen atoms in total. The maximum Gasteiger partial charge on any atom is 0.285 e. The molecule has 2 aromatic rings. The number of carbonyl (C=O) groups excluding carboxylic acids is 1.